The number of benzene rings is 2. The van der Waals surface area contributed by atoms with Gasteiger partial charge in [0.1, 0.15) is 0 Å². The number of amides is 2. The van der Waals surface area contributed by atoms with E-state index < -0.39 is 48.6 Å². The summed E-state index contributed by atoms with van der Waals surface area (Å²) >= 11 is 0. The maximum absolute atomic E-state index is 14.9. The zero-order valence-corrected chi connectivity index (χ0v) is 17.3. The Labute approximate surface area is 188 Å². The van der Waals surface area contributed by atoms with Gasteiger partial charge in [-0.3, -0.25) is 9.59 Å². The standard InChI is InChI=1S/C20H18F4N8O2/c21-19(22,7-31-13-3-1-9(15(25)33)5-11(13)29-17(31)27)20(23,24)8-32-14-4-2-10(16(26)34)6-12(14)30-18(32)28/h1-6H,7-8H2,(H2,25,33)(H2,26,34)(H2,27,29)(H2,28,30). The van der Waals surface area contributed by atoms with Gasteiger partial charge in [0.2, 0.25) is 23.7 Å². The Morgan fingerprint density at radius 3 is 1.41 bits per heavy atom. The SMILES string of the molecule is NC(=O)c1ccc2c(c1)nc(N)n2CC(F)(F)C(F)(F)Cn1c(N)nc2cc(C(N)=O)ccc21. The smallest absolute Gasteiger partial charge is 0.329 e. The molecule has 0 saturated heterocycles. The summed E-state index contributed by atoms with van der Waals surface area (Å²) in [6.45, 7) is -3.01. The Morgan fingerprint density at radius 1 is 0.735 bits per heavy atom. The number of nitrogens with two attached hydrogens (primary N) is 4. The second-order valence-corrected chi connectivity index (χ2v) is 7.66. The second kappa shape index (κ2) is 7.60. The van der Waals surface area contributed by atoms with Gasteiger partial charge < -0.3 is 32.1 Å². The Bertz CT molecular complexity index is 1350. The molecule has 0 unspecified atom stereocenters. The van der Waals surface area contributed by atoms with Gasteiger partial charge in [-0.2, -0.15) is 17.6 Å². The molecule has 34 heavy (non-hydrogen) atoms. The van der Waals surface area contributed by atoms with Gasteiger partial charge in [0.15, 0.2) is 0 Å². The first-order valence-electron chi connectivity index (χ1n) is 9.67. The molecule has 14 heteroatoms. The molecule has 2 aromatic carbocycles. The van der Waals surface area contributed by atoms with Crippen LogP contribution in [0.3, 0.4) is 0 Å². The lowest BCUT2D eigenvalue weighted by Crippen LogP contribution is -2.47. The normalized spacial score (nSPS) is 12.5. The third-order valence-corrected chi connectivity index (χ3v) is 5.37. The summed E-state index contributed by atoms with van der Waals surface area (Å²) in [7, 11) is 0. The molecule has 8 N–H and O–H groups in total. The molecule has 2 aromatic heterocycles. The van der Waals surface area contributed by atoms with E-state index in [0.29, 0.717) is 0 Å². The van der Waals surface area contributed by atoms with Crippen LogP contribution in [0, 0.1) is 0 Å². The van der Waals surface area contributed by atoms with Gasteiger partial charge in [-0.15, -0.1) is 0 Å². The molecule has 0 atom stereocenters. The van der Waals surface area contributed by atoms with Crippen LogP contribution in [0.15, 0.2) is 36.4 Å². The molecule has 4 aromatic rings. The predicted octanol–water partition coefficient (Wildman–Crippen LogP) is 1.72. The number of hydrogen-bond acceptors (Lipinski definition) is 6. The lowest BCUT2D eigenvalue weighted by molar-refractivity contribution is -0.220. The van der Waals surface area contributed by atoms with Crippen molar-refractivity contribution in [3.8, 4) is 0 Å². The topological polar surface area (TPSA) is 174 Å². The zero-order chi connectivity index (χ0) is 25.0. The number of imidazole rings is 2. The molecule has 4 rings (SSSR count). The van der Waals surface area contributed by atoms with E-state index in [1.807, 2.05) is 0 Å². The maximum atomic E-state index is 14.9. The number of hydrogen-bond donors (Lipinski definition) is 4. The summed E-state index contributed by atoms with van der Waals surface area (Å²) in [5.41, 5.74) is 22.0. The molecule has 0 aliphatic rings. The van der Waals surface area contributed by atoms with Crippen LogP contribution in [0.5, 0.6) is 0 Å². The van der Waals surface area contributed by atoms with E-state index in [1.165, 1.54) is 36.4 Å². The Hall–Kier alpha value is -4.36. The van der Waals surface area contributed by atoms with Crippen molar-refractivity contribution in [2.45, 2.75) is 24.9 Å². The van der Waals surface area contributed by atoms with Gasteiger partial charge >= 0.3 is 11.8 Å². The van der Waals surface area contributed by atoms with Crippen LogP contribution in [0.4, 0.5) is 29.5 Å². The molecule has 2 heterocycles. The number of carbonyl (C=O) groups excluding carboxylic acids is 2. The number of nitrogens with zero attached hydrogens (tertiary/aromatic N) is 4. The summed E-state index contributed by atoms with van der Waals surface area (Å²) in [5.74, 6) is -11.7. The number of anilines is 2. The average Bonchev–Trinajstić information content (AvgIpc) is 3.22. The number of fused-ring (bicyclic) bond motifs is 2. The lowest BCUT2D eigenvalue weighted by Gasteiger charge is -2.28. The van der Waals surface area contributed by atoms with E-state index in [-0.39, 0.29) is 33.2 Å². The minimum absolute atomic E-state index is 0.0181. The van der Waals surface area contributed by atoms with Crippen molar-refractivity contribution >= 4 is 45.8 Å². The second-order valence-electron chi connectivity index (χ2n) is 7.66. The molecule has 0 bridgehead atoms. The van der Waals surface area contributed by atoms with Crippen LogP contribution in [-0.4, -0.2) is 42.8 Å². The summed E-state index contributed by atoms with van der Waals surface area (Å²) < 4.78 is 61.1. The van der Waals surface area contributed by atoms with E-state index >= 15 is 0 Å². The number of rotatable bonds is 7. The first-order valence-corrected chi connectivity index (χ1v) is 9.67. The highest BCUT2D eigenvalue weighted by Gasteiger charge is 2.57. The molecule has 10 nitrogen and oxygen atoms in total. The summed E-state index contributed by atoms with van der Waals surface area (Å²) in [6.07, 6.45) is 0. The monoisotopic (exact) mass is 478 g/mol. The number of aromatic nitrogens is 4. The van der Waals surface area contributed by atoms with Crippen LogP contribution in [-0.2, 0) is 13.1 Å². The van der Waals surface area contributed by atoms with E-state index in [9.17, 15) is 27.2 Å². The van der Waals surface area contributed by atoms with Crippen LogP contribution in [0.2, 0.25) is 0 Å². The number of alkyl halides is 4. The van der Waals surface area contributed by atoms with Crippen molar-refractivity contribution in [2.75, 3.05) is 11.5 Å². The van der Waals surface area contributed by atoms with E-state index in [1.54, 1.807) is 0 Å². The van der Waals surface area contributed by atoms with Crippen LogP contribution in [0.1, 0.15) is 20.7 Å². The summed E-state index contributed by atoms with van der Waals surface area (Å²) in [6, 6.07) is 7.42. The Kier molecular flexibility index (Phi) is 5.10. The number of nitrogen functional groups attached to an aromatic ring is 2. The van der Waals surface area contributed by atoms with E-state index in [0.717, 1.165) is 9.13 Å². The Balaban J connectivity index is 1.67. The van der Waals surface area contributed by atoms with Crippen molar-refractivity contribution in [1.29, 1.82) is 0 Å². The predicted molar refractivity (Wildman–Crippen MR) is 115 cm³/mol. The highest BCUT2D eigenvalue weighted by Crippen LogP contribution is 2.39. The van der Waals surface area contributed by atoms with E-state index in [2.05, 4.69) is 9.97 Å². The average molecular weight is 478 g/mol. The van der Waals surface area contributed by atoms with Gasteiger partial charge in [-0.05, 0) is 36.4 Å². The van der Waals surface area contributed by atoms with Gasteiger partial charge in [0, 0.05) is 11.1 Å². The highest BCUT2D eigenvalue weighted by atomic mass is 19.3. The molecule has 2 amide bonds. The number of primary amides is 2. The van der Waals surface area contributed by atoms with Crippen LogP contribution in [0.25, 0.3) is 22.1 Å². The molecule has 0 saturated carbocycles. The minimum atomic E-state index is -4.60. The van der Waals surface area contributed by atoms with Crippen molar-refractivity contribution in [3.05, 3.63) is 47.5 Å². The van der Waals surface area contributed by atoms with Crippen LogP contribution < -0.4 is 22.9 Å². The Morgan fingerprint density at radius 2 is 1.09 bits per heavy atom. The van der Waals surface area contributed by atoms with E-state index in [4.69, 9.17) is 22.9 Å². The first-order chi connectivity index (χ1) is 15.8. The van der Waals surface area contributed by atoms with Crippen molar-refractivity contribution in [3.63, 3.8) is 0 Å². The summed E-state index contributed by atoms with van der Waals surface area (Å²) in [5, 5.41) is 0. The molecule has 0 spiro atoms. The third-order valence-electron chi connectivity index (χ3n) is 5.37. The molecule has 0 radical (unpaired) electrons. The van der Waals surface area contributed by atoms with Gasteiger partial charge in [-0.25, -0.2) is 9.97 Å². The number of halogens is 4. The zero-order valence-electron chi connectivity index (χ0n) is 17.3. The van der Waals surface area contributed by atoms with Crippen LogP contribution >= 0.6 is 0 Å². The van der Waals surface area contributed by atoms with Crippen molar-refractivity contribution < 1.29 is 27.2 Å². The molecule has 0 aliphatic heterocycles. The fourth-order valence-electron chi connectivity index (χ4n) is 3.56. The molecule has 0 aliphatic carbocycles. The minimum Gasteiger partial charge on any atom is -0.369 e. The third kappa shape index (κ3) is 3.72. The maximum Gasteiger partial charge on any atom is 0.329 e. The lowest BCUT2D eigenvalue weighted by atomic mass is 10.1. The quantitative estimate of drug-likeness (QED) is 0.294. The number of carbonyl (C=O) groups is 2. The van der Waals surface area contributed by atoms with Gasteiger partial charge in [0.05, 0.1) is 35.2 Å². The van der Waals surface area contributed by atoms with Crippen molar-refractivity contribution in [2.24, 2.45) is 11.5 Å². The highest BCUT2D eigenvalue weighted by molar-refractivity contribution is 5.97. The largest absolute Gasteiger partial charge is 0.369 e. The molecule has 0 fully saturated rings. The first kappa shape index (κ1) is 22.8. The molecular weight excluding hydrogens is 460 g/mol. The van der Waals surface area contributed by atoms with Gasteiger partial charge in [0.25, 0.3) is 0 Å². The summed E-state index contributed by atoms with van der Waals surface area (Å²) in [4.78, 5) is 30.3. The van der Waals surface area contributed by atoms with Crippen molar-refractivity contribution in [1.82, 2.24) is 19.1 Å². The van der Waals surface area contributed by atoms with Gasteiger partial charge in [-0.1, -0.05) is 0 Å². The fourth-order valence-corrected chi connectivity index (χ4v) is 3.56. The fraction of sp³-hybridized carbons (Fsp3) is 0.200. The molecule has 178 valence electrons. The molecular formula is C20H18F4N8O2.